The predicted octanol–water partition coefficient (Wildman–Crippen LogP) is 2.29. The van der Waals surface area contributed by atoms with Crippen LogP contribution in [-0.2, 0) is 11.0 Å². The van der Waals surface area contributed by atoms with Crippen molar-refractivity contribution in [2.45, 2.75) is 19.5 Å². The van der Waals surface area contributed by atoms with E-state index in [4.69, 9.17) is 0 Å². The number of carbonyl (C=O) groups excluding carboxylic acids is 1. The second-order valence-electron chi connectivity index (χ2n) is 3.80. The van der Waals surface area contributed by atoms with Crippen LogP contribution in [0.25, 0.3) is 0 Å². The minimum absolute atomic E-state index is 0.0788. The van der Waals surface area contributed by atoms with E-state index in [1.807, 2.05) is 0 Å². The standard InChI is InChI=1S/C13H12F3NO2/c1-9(18)17-5-3-2-4-10-6-11(13(14,15)16)8-12(19)7-10/h6-8,19H,3,5H2,1H3,(H,17,18). The molecule has 1 aromatic carbocycles. The lowest BCUT2D eigenvalue weighted by atomic mass is 10.1. The minimum atomic E-state index is -4.52. The third-order valence-electron chi connectivity index (χ3n) is 2.10. The number of amides is 1. The number of benzene rings is 1. The molecule has 0 spiro atoms. The average molecular weight is 271 g/mol. The van der Waals surface area contributed by atoms with Crippen LogP contribution in [-0.4, -0.2) is 17.6 Å². The van der Waals surface area contributed by atoms with Gasteiger partial charge in [0.05, 0.1) is 5.56 Å². The fraction of sp³-hybridized carbons (Fsp3) is 0.308. The van der Waals surface area contributed by atoms with Gasteiger partial charge < -0.3 is 10.4 Å². The van der Waals surface area contributed by atoms with Crippen LogP contribution in [0.4, 0.5) is 13.2 Å². The van der Waals surface area contributed by atoms with Gasteiger partial charge in [0.15, 0.2) is 0 Å². The molecule has 0 saturated heterocycles. The zero-order valence-corrected chi connectivity index (χ0v) is 10.1. The number of hydrogen-bond acceptors (Lipinski definition) is 2. The summed E-state index contributed by atoms with van der Waals surface area (Å²) in [5, 5.41) is 11.7. The second-order valence-corrected chi connectivity index (χ2v) is 3.80. The van der Waals surface area contributed by atoms with E-state index in [-0.39, 0.29) is 11.5 Å². The molecule has 0 saturated carbocycles. The fourth-order valence-corrected chi connectivity index (χ4v) is 1.31. The van der Waals surface area contributed by atoms with E-state index >= 15 is 0 Å². The Labute approximate surface area is 108 Å². The number of phenols is 1. The highest BCUT2D eigenvalue weighted by atomic mass is 19.4. The van der Waals surface area contributed by atoms with Crippen LogP contribution >= 0.6 is 0 Å². The van der Waals surface area contributed by atoms with Gasteiger partial charge in [-0.25, -0.2) is 0 Å². The Morgan fingerprint density at radius 3 is 2.63 bits per heavy atom. The van der Waals surface area contributed by atoms with E-state index < -0.39 is 17.5 Å². The molecule has 19 heavy (non-hydrogen) atoms. The molecule has 3 nitrogen and oxygen atoms in total. The topological polar surface area (TPSA) is 49.3 Å². The van der Waals surface area contributed by atoms with Crippen molar-refractivity contribution in [1.82, 2.24) is 5.32 Å². The predicted molar refractivity (Wildman–Crippen MR) is 63.3 cm³/mol. The summed E-state index contributed by atoms with van der Waals surface area (Å²) in [6, 6.07) is 2.66. The van der Waals surface area contributed by atoms with E-state index in [2.05, 4.69) is 17.2 Å². The maximum atomic E-state index is 12.5. The summed E-state index contributed by atoms with van der Waals surface area (Å²) in [5.41, 5.74) is -0.867. The van der Waals surface area contributed by atoms with Crippen LogP contribution in [0.15, 0.2) is 18.2 Å². The first kappa shape index (κ1) is 14.9. The van der Waals surface area contributed by atoms with Gasteiger partial charge in [-0.05, 0) is 18.2 Å². The van der Waals surface area contributed by atoms with Gasteiger partial charge in [0, 0.05) is 25.5 Å². The lowest BCUT2D eigenvalue weighted by molar-refractivity contribution is -0.137. The summed E-state index contributed by atoms with van der Waals surface area (Å²) >= 11 is 0. The van der Waals surface area contributed by atoms with E-state index in [1.54, 1.807) is 0 Å². The highest BCUT2D eigenvalue weighted by Crippen LogP contribution is 2.32. The monoisotopic (exact) mass is 271 g/mol. The molecule has 0 fully saturated rings. The van der Waals surface area contributed by atoms with Crippen molar-refractivity contribution in [3.05, 3.63) is 29.3 Å². The van der Waals surface area contributed by atoms with E-state index in [9.17, 15) is 23.1 Å². The Morgan fingerprint density at radius 1 is 1.37 bits per heavy atom. The van der Waals surface area contributed by atoms with Gasteiger partial charge in [-0.3, -0.25) is 4.79 Å². The molecule has 0 aliphatic rings. The molecule has 1 rings (SSSR count). The molecule has 1 aromatic rings. The van der Waals surface area contributed by atoms with Crippen LogP contribution in [0.3, 0.4) is 0 Å². The van der Waals surface area contributed by atoms with E-state index in [0.29, 0.717) is 19.0 Å². The van der Waals surface area contributed by atoms with Gasteiger partial charge >= 0.3 is 6.18 Å². The maximum absolute atomic E-state index is 12.5. The molecule has 0 heterocycles. The van der Waals surface area contributed by atoms with Crippen LogP contribution in [0.2, 0.25) is 0 Å². The van der Waals surface area contributed by atoms with Crippen molar-refractivity contribution >= 4 is 5.91 Å². The molecule has 0 aromatic heterocycles. The van der Waals surface area contributed by atoms with Gasteiger partial charge in [0.25, 0.3) is 0 Å². The average Bonchev–Trinajstić information content (AvgIpc) is 2.26. The number of hydrogen-bond donors (Lipinski definition) is 2. The van der Waals surface area contributed by atoms with Crippen molar-refractivity contribution < 1.29 is 23.1 Å². The first-order valence-corrected chi connectivity index (χ1v) is 5.43. The molecule has 1 amide bonds. The van der Waals surface area contributed by atoms with Crippen molar-refractivity contribution in [3.8, 4) is 17.6 Å². The molecule has 0 atom stereocenters. The van der Waals surface area contributed by atoms with E-state index in [1.165, 1.54) is 6.92 Å². The third-order valence-corrected chi connectivity index (χ3v) is 2.10. The summed E-state index contributed by atoms with van der Waals surface area (Å²) in [6.07, 6.45) is -4.21. The quantitative estimate of drug-likeness (QED) is 0.640. The van der Waals surface area contributed by atoms with Gasteiger partial charge in [-0.15, -0.1) is 0 Å². The van der Waals surface area contributed by atoms with Gasteiger partial charge in [-0.1, -0.05) is 11.8 Å². The maximum Gasteiger partial charge on any atom is 0.416 e. The summed E-state index contributed by atoms with van der Waals surface area (Å²) in [6.45, 7) is 1.69. The smallest absolute Gasteiger partial charge is 0.416 e. The van der Waals surface area contributed by atoms with Gasteiger partial charge in [-0.2, -0.15) is 13.2 Å². The summed E-state index contributed by atoms with van der Waals surface area (Å²) < 4.78 is 37.4. The SMILES string of the molecule is CC(=O)NCCC#Cc1cc(O)cc(C(F)(F)F)c1. The fourth-order valence-electron chi connectivity index (χ4n) is 1.31. The number of halogens is 3. The van der Waals surface area contributed by atoms with Crippen LogP contribution < -0.4 is 5.32 Å². The minimum Gasteiger partial charge on any atom is -0.508 e. The third kappa shape index (κ3) is 5.34. The lowest BCUT2D eigenvalue weighted by Crippen LogP contribution is -2.20. The highest BCUT2D eigenvalue weighted by molar-refractivity contribution is 5.72. The molecule has 0 bridgehead atoms. The number of carbonyl (C=O) groups is 1. The Kier molecular flexibility index (Phi) is 4.81. The summed E-state index contributed by atoms with van der Waals surface area (Å²) in [5.74, 6) is 4.45. The molecule has 0 aliphatic carbocycles. The molecule has 2 N–H and O–H groups in total. The van der Waals surface area contributed by atoms with Crippen molar-refractivity contribution in [2.24, 2.45) is 0 Å². The van der Waals surface area contributed by atoms with Gasteiger partial charge in [0.1, 0.15) is 5.75 Å². The second kappa shape index (κ2) is 6.14. The number of nitrogens with one attached hydrogen (secondary N) is 1. The molecule has 102 valence electrons. The Bertz CT molecular complexity index is 527. The Morgan fingerprint density at radius 2 is 2.05 bits per heavy atom. The lowest BCUT2D eigenvalue weighted by Gasteiger charge is -2.07. The number of phenolic OH excluding ortho intramolecular Hbond substituents is 1. The van der Waals surface area contributed by atoms with E-state index in [0.717, 1.165) is 12.1 Å². The first-order valence-electron chi connectivity index (χ1n) is 5.43. The van der Waals surface area contributed by atoms with Gasteiger partial charge in [0.2, 0.25) is 5.91 Å². The largest absolute Gasteiger partial charge is 0.508 e. The summed E-state index contributed by atoms with van der Waals surface area (Å²) in [4.78, 5) is 10.6. The number of rotatable bonds is 2. The molecule has 0 aliphatic heterocycles. The van der Waals surface area contributed by atoms with Crippen molar-refractivity contribution in [1.29, 1.82) is 0 Å². The van der Waals surface area contributed by atoms with Crippen LogP contribution in [0, 0.1) is 11.8 Å². The molecular weight excluding hydrogens is 259 g/mol. The zero-order chi connectivity index (χ0) is 14.5. The Hall–Kier alpha value is -2.16. The van der Waals surface area contributed by atoms with Crippen molar-refractivity contribution in [2.75, 3.05) is 6.54 Å². The van der Waals surface area contributed by atoms with Crippen molar-refractivity contribution in [3.63, 3.8) is 0 Å². The molecule has 6 heteroatoms. The Balaban J connectivity index is 2.77. The number of aromatic hydroxyl groups is 1. The molecule has 0 radical (unpaired) electrons. The van der Waals surface area contributed by atoms with Crippen LogP contribution in [0.5, 0.6) is 5.75 Å². The highest BCUT2D eigenvalue weighted by Gasteiger charge is 2.31. The molecular formula is C13H12F3NO2. The normalized spacial score (nSPS) is 10.5. The van der Waals surface area contributed by atoms with Crippen LogP contribution in [0.1, 0.15) is 24.5 Å². The summed E-state index contributed by atoms with van der Waals surface area (Å²) in [7, 11) is 0. The first-order chi connectivity index (χ1) is 8.79. The number of alkyl halides is 3. The zero-order valence-electron chi connectivity index (χ0n) is 10.1. The molecule has 0 unspecified atom stereocenters.